The first kappa shape index (κ1) is 14.1. The molecule has 4 nitrogen and oxygen atoms in total. The van der Waals surface area contributed by atoms with Gasteiger partial charge in [0, 0.05) is 37.6 Å². The van der Waals surface area contributed by atoms with Crippen LogP contribution in [0.4, 0.5) is 4.39 Å². The molecule has 1 saturated heterocycles. The molecule has 5 heteroatoms. The smallest absolute Gasteiger partial charge is 0.134 e. The Labute approximate surface area is 111 Å². The van der Waals surface area contributed by atoms with Crippen LogP contribution in [0.1, 0.15) is 18.1 Å². The zero-order valence-corrected chi connectivity index (χ0v) is 10.9. The minimum Gasteiger partial charge on any atom is -0.396 e. The molecule has 1 fully saturated rings. The van der Waals surface area contributed by atoms with Crippen LogP contribution in [0.3, 0.4) is 0 Å². The van der Waals surface area contributed by atoms with Crippen LogP contribution in [0, 0.1) is 11.7 Å². The average molecular weight is 266 g/mol. The summed E-state index contributed by atoms with van der Waals surface area (Å²) in [4.78, 5) is 11.2. The molecule has 0 saturated carbocycles. The van der Waals surface area contributed by atoms with Gasteiger partial charge in [0.15, 0.2) is 0 Å². The first-order valence-electron chi connectivity index (χ1n) is 6.36. The monoisotopic (exact) mass is 266 g/mol. The molecule has 2 rings (SSSR count). The maximum atomic E-state index is 14.0. The van der Waals surface area contributed by atoms with Gasteiger partial charge in [0.25, 0.3) is 0 Å². The summed E-state index contributed by atoms with van der Waals surface area (Å²) in [7, 11) is 0. The highest BCUT2D eigenvalue weighted by Gasteiger charge is 2.42. The number of Topliss-reactive ketones (excluding diaryl/α,β-unsaturated/α-hetero) is 1. The molecule has 1 aromatic rings. The van der Waals surface area contributed by atoms with Gasteiger partial charge in [-0.05, 0) is 18.6 Å². The van der Waals surface area contributed by atoms with Crippen molar-refractivity contribution in [3.05, 3.63) is 35.1 Å². The van der Waals surface area contributed by atoms with Crippen LogP contribution in [0.5, 0.6) is 0 Å². The van der Waals surface area contributed by atoms with Crippen molar-refractivity contribution in [2.24, 2.45) is 11.7 Å². The predicted molar refractivity (Wildman–Crippen MR) is 70.1 cm³/mol. The number of hydrogen-bond acceptors (Lipinski definition) is 4. The normalized spacial score (nSPS) is 26.6. The van der Waals surface area contributed by atoms with Gasteiger partial charge in [0.05, 0.1) is 5.54 Å². The standard InChI is InChI=1S/C14H19FN2O2/c1-9(19)4-10-2-3-13(15)12(5-10)14(16)8-17-6-11(14)7-18/h2-3,5,11,17-18H,4,6-8,16H2,1H3/t11-,14-/m0/s1. The highest BCUT2D eigenvalue weighted by atomic mass is 19.1. The van der Waals surface area contributed by atoms with Crippen LogP contribution in [-0.4, -0.2) is 30.6 Å². The largest absolute Gasteiger partial charge is 0.396 e. The van der Waals surface area contributed by atoms with Gasteiger partial charge in [0.1, 0.15) is 11.6 Å². The van der Waals surface area contributed by atoms with Gasteiger partial charge < -0.3 is 16.2 Å². The van der Waals surface area contributed by atoms with Crippen molar-refractivity contribution in [1.82, 2.24) is 5.32 Å². The van der Waals surface area contributed by atoms with Crippen LogP contribution in [0.2, 0.25) is 0 Å². The Bertz CT molecular complexity index is 492. The fourth-order valence-corrected chi connectivity index (χ4v) is 2.65. The van der Waals surface area contributed by atoms with E-state index in [2.05, 4.69) is 5.32 Å². The third-order valence-electron chi connectivity index (χ3n) is 3.74. The van der Waals surface area contributed by atoms with E-state index in [4.69, 9.17) is 5.73 Å². The van der Waals surface area contributed by atoms with Crippen LogP contribution in [0.15, 0.2) is 18.2 Å². The van der Waals surface area contributed by atoms with Gasteiger partial charge in [-0.15, -0.1) is 0 Å². The Morgan fingerprint density at radius 1 is 1.63 bits per heavy atom. The number of carbonyl (C=O) groups excluding carboxylic acids is 1. The van der Waals surface area contributed by atoms with E-state index in [9.17, 15) is 14.3 Å². The van der Waals surface area contributed by atoms with E-state index in [1.54, 1.807) is 12.1 Å². The Kier molecular flexibility index (Phi) is 3.99. The summed E-state index contributed by atoms with van der Waals surface area (Å²) in [6, 6.07) is 4.58. The molecule has 0 unspecified atom stereocenters. The fraction of sp³-hybridized carbons (Fsp3) is 0.500. The van der Waals surface area contributed by atoms with E-state index in [0.717, 1.165) is 5.56 Å². The SMILES string of the molecule is CC(=O)Cc1ccc(F)c([C@]2(N)CNC[C@H]2CO)c1. The predicted octanol–water partition coefficient (Wildman–Crippen LogP) is 0.323. The molecule has 104 valence electrons. The molecule has 0 aromatic heterocycles. The van der Waals surface area contributed by atoms with Gasteiger partial charge in [-0.3, -0.25) is 4.79 Å². The number of carbonyl (C=O) groups is 1. The second-order valence-electron chi connectivity index (χ2n) is 5.24. The molecule has 2 atom stereocenters. The van der Waals surface area contributed by atoms with E-state index in [-0.39, 0.29) is 24.7 Å². The van der Waals surface area contributed by atoms with Crippen LogP contribution in [-0.2, 0) is 16.8 Å². The van der Waals surface area contributed by atoms with Crippen LogP contribution >= 0.6 is 0 Å². The summed E-state index contributed by atoms with van der Waals surface area (Å²) in [5.41, 5.74) is 6.48. The van der Waals surface area contributed by atoms with Crippen molar-refractivity contribution in [2.45, 2.75) is 18.9 Å². The molecule has 1 heterocycles. The Hall–Kier alpha value is -1.30. The Balaban J connectivity index is 2.40. The molecule has 1 aliphatic heterocycles. The fourth-order valence-electron chi connectivity index (χ4n) is 2.65. The first-order chi connectivity index (χ1) is 8.97. The number of rotatable bonds is 4. The Morgan fingerprint density at radius 2 is 2.37 bits per heavy atom. The summed E-state index contributed by atoms with van der Waals surface area (Å²) in [6.45, 7) is 2.37. The summed E-state index contributed by atoms with van der Waals surface area (Å²) in [5.74, 6) is -0.599. The zero-order chi connectivity index (χ0) is 14.0. The van der Waals surface area contributed by atoms with Crippen molar-refractivity contribution in [3.63, 3.8) is 0 Å². The zero-order valence-electron chi connectivity index (χ0n) is 10.9. The van der Waals surface area contributed by atoms with Gasteiger partial charge >= 0.3 is 0 Å². The number of hydrogen-bond donors (Lipinski definition) is 3. The molecular formula is C14H19FN2O2. The molecule has 0 bridgehead atoms. The number of halogens is 1. The summed E-state index contributed by atoms with van der Waals surface area (Å²) in [5, 5.41) is 12.5. The third-order valence-corrected chi connectivity index (χ3v) is 3.74. The van der Waals surface area contributed by atoms with Gasteiger partial charge in [-0.25, -0.2) is 4.39 Å². The molecule has 0 amide bonds. The van der Waals surface area contributed by atoms with Crippen molar-refractivity contribution in [2.75, 3.05) is 19.7 Å². The lowest BCUT2D eigenvalue weighted by Gasteiger charge is -2.30. The third kappa shape index (κ3) is 2.68. The quantitative estimate of drug-likeness (QED) is 0.734. The van der Waals surface area contributed by atoms with Crippen molar-refractivity contribution in [1.29, 1.82) is 0 Å². The van der Waals surface area contributed by atoms with E-state index in [0.29, 0.717) is 18.7 Å². The molecule has 0 radical (unpaired) electrons. The molecule has 4 N–H and O–H groups in total. The van der Waals surface area contributed by atoms with Crippen LogP contribution in [0.25, 0.3) is 0 Å². The molecule has 1 aromatic carbocycles. The van der Waals surface area contributed by atoms with E-state index in [1.807, 2.05) is 0 Å². The minimum absolute atomic E-state index is 0.0203. The van der Waals surface area contributed by atoms with Crippen molar-refractivity contribution >= 4 is 5.78 Å². The highest BCUT2D eigenvalue weighted by molar-refractivity contribution is 5.78. The average Bonchev–Trinajstić information content (AvgIpc) is 2.73. The maximum Gasteiger partial charge on any atom is 0.134 e. The second kappa shape index (κ2) is 5.36. The summed E-state index contributed by atoms with van der Waals surface area (Å²) >= 11 is 0. The van der Waals surface area contributed by atoms with Crippen molar-refractivity contribution < 1.29 is 14.3 Å². The number of aliphatic hydroxyl groups is 1. The van der Waals surface area contributed by atoms with Gasteiger partial charge in [-0.1, -0.05) is 12.1 Å². The number of nitrogens with one attached hydrogen (secondary N) is 1. The van der Waals surface area contributed by atoms with E-state index in [1.165, 1.54) is 13.0 Å². The van der Waals surface area contributed by atoms with Crippen molar-refractivity contribution in [3.8, 4) is 0 Å². The lowest BCUT2D eigenvalue weighted by atomic mass is 9.80. The van der Waals surface area contributed by atoms with Gasteiger partial charge in [0.2, 0.25) is 0 Å². The van der Waals surface area contributed by atoms with Gasteiger partial charge in [-0.2, -0.15) is 0 Å². The van der Waals surface area contributed by atoms with Crippen LogP contribution < -0.4 is 11.1 Å². The maximum absolute atomic E-state index is 14.0. The topological polar surface area (TPSA) is 75.4 Å². The minimum atomic E-state index is -0.925. The number of ketones is 1. The number of nitrogens with two attached hydrogens (primary N) is 1. The summed E-state index contributed by atoms with van der Waals surface area (Å²) in [6.07, 6.45) is 0.264. The highest BCUT2D eigenvalue weighted by Crippen LogP contribution is 2.32. The molecule has 1 aliphatic rings. The second-order valence-corrected chi connectivity index (χ2v) is 5.24. The molecule has 19 heavy (non-hydrogen) atoms. The van der Waals surface area contributed by atoms with E-state index >= 15 is 0 Å². The lowest BCUT2D eigenvalue weighted by Crippen LogP contribution is -2.46. The molecular weight excluding hydrogens is 247 g/mol. The number of benzene rings is 1. The van der Waals surface area contributed by atoms with E-state index < -0.39 is 11.4 Å². The lowest BCUT2D eigenvalue weighted by molar-refractivity contribution is -0.116. The summed E-state index contributed by atoms with van der Waals surface area (Å²) < 4.78 is 14.0. The molecule has 0 spiro atoms. The Morgan fingerprint density at radius 3 is 3.00 bits per heavy atom. The number of aliphatic hydroxyl groups excluding tert-OH is 1. The first-order valence-corrected chi connectivity index (χ1v) is 6.36. The molecule has 0 aliphatic carbocycles.